The molecule has 0 aromatic carbocycles. The van der Waals surface area contributed by atoms with E-state index in [-0.39, 0.29) is 11.0 Å². The van der Waals surface area contributed by atoms with Crippen LogP contribution < -0.4 is 0 Å². The average molecular weight is 304 g/mol. The third kappa shape index (κ3) is 3.22. The molecule has 0 N–H and O–H groups in total. The Balaban J connectivity index is 3.26. The van der Waals surface area contributed by atoms with Gasteiger partial charge in [0.05, 0.1) is 4.75 Å². The zero-order valence-electron chi connectivity index (χ0n) is 14.6. The smallest absolute Gasteiger partial charge is 0.212 e. The van der Waals surface area contributed by atoms with Crippen LogP contribution in [0.2, 0.25) is 0 Å². The van der Waals surface area contributed by atoms with Gasteiger partial charge in [0.25, 0.3) is 0 Å². The maximum atomic E-state index is 13.1. The average Bonchev–Trinajstić information content (AvgIpc) is 3.07. The molecule has 20 heavy (non-hydrogen) atoms. The summed E-state index contributed by atoms with van der Waals surface area (Å²) in [5.74, 6) is 0.555. The third-order valence-electron chi connectivity index (χ3n) is 5.35. The first-order valence-corrected chi connectivity index (χ1v) is 9.24. The molecule has 4 heteroatoms. The Morgan fingerprint density at radius 2 is 1.45 bits per heavy atom. The third-order valence-corrected chi connectivity index (χ3v) is 8.08. The Bertz CT molecular complexity index is 440. The Labute approximate surface area is 126 Å². The minimum absolute atomic E-state index is 0.0553. The molecule has 0 spiro atoms. The van der Waals surface area contributed by atoms with Gasteiger partial charge in [-0.25, -0.2) is 8.42 Å². The van der Waals surface area contributed by atoms with E-state index in [1.165, 1.54) is 12.8 Å². The van der Waals surface area contributed by atoms with Gasteiger partial charge >= 0.3 is 0 Å². The molecule has 0 aliphatic heterocycles. The Morgan fingerprint density at radius 1 is 1.00 bits per heavy atom. The number of nitrogens with zero attached hydrogens (tertiary/aromatic N) is 1. The van der Waals surface area contributed by atoms with Gasteiger partial charge in [0.15, 0.2) is 0 Å². The van der Waals surface area contributed by atoms with E-state index < -0.39 is 14.8 Å². The molecule has 0 saturated heterocycles. The number of hydrogen-bond donors (Lipinski definition) is 0. The fourth-order valence-corrected chi connectivity index (χ4v) is 4.18. The highest BCUT2D eigenvalue weighted by Crippen LogP contribution is 2.44. The van der Waals surface area contributed by atoms with E-state index >= 15 is 0 Å². The van der Waals surface area contributed by atoms with Gasteiger partial charge in [-0.15, -0.1) is 0 Å². The van der Waals surface area contributed by atoms with Crippen LogP contribution in [0.3, 0.4) is 0 Å². The van der Waals surface area contributed by atoms with Crippen molar-refractivity contribution in [2.75, 3.05) is 6.54 Å². The van der Waals surface area contributed by atoms with Crippen LogP contribution in [0.15, 0.2) is 0 Å². The molecule has 0 radical (unpaired) electrons. The van der Waals surface area contributed by atoms with Crippen molar-refractivity contribution in [3.63, 3.8) is 0 Å². The van der Waals surface area contributed by atoms with Gasteiger partial charge in [-0.1, -0.05) is 20.8 Å². The van der Waals surface area contributed by atoms with Gasteiger partial charge in [0.2, 0.25) is 10.0 Å². The summed E-state index contributed by atoms with van der Waals surface area (Å²) in [5, 5.41) is 0. The second kappa shape index (κ2) is 5.28. The summed E-state index contributed by atoms with van der Waals surface area (Å²) < 4.78 is 27.2. The summed E-state index contributed by atoms with van der Waals surface area (Å²) >= 11 is 0. The molecule has 1 saturated carbocycles. The molecule has 1 aliphatic carbocycles. The Morgan fingerprint density at radius 3 is 1.75 bits per heavy atom. The van der Waals surface area contributed by atoms with Gasteiger partial charge in [0, 0.05) is 12.1 Å². The minimum atomic E-state index is -3.31. The van der Waals surface area contributed by atoms with Crippen LogP contribution in [0.25, 0.3) is 0 Å². The van der Waals surface area contributed by atoms with E-state index in [2.05, 4.69) is 34.6 Å². The van der Waals surface area contributed by atoms with Crippen LogP contribution in [0.4, 0.5) is 0 Å². The monoisotopic (exact) mass is 303 g/mol. The van der Waals surface area contributed by atoms with E-state index in [1.807, 2.05) is 0 Å². The standard InChI is InChI=1S/C16H33NO2S/c1-9-15(5,6)16(7,8)17(12-13-10-11-13)20(18,19)14(2,3)4/h13H,9-12H2,1-8H3. The first-order chi connectivity index (χ1) is 8.77. The number of rotatable bonds is 6. The van der Waals surface area contributed by atoms with Gasteiger partial charge in [-0.05, 0) is 65.2 Å². The van der Waals surface area contributed by atoms with Crippen LogP contribution in [-0.4, -0.2) is 29.6 Å². The summed E-state index contributed by atoms with van der Waals surface area (Å²) in [6.07, 6.45) is 3.29. The van der Waals surface area contributed by atoms with Gasteiger partial charge < -0.3 is 0 Å². The van der Waals surface area contributed by atoms with E-state index in [1.54, 1.807) is 25.1 Å². The highest BCUT2D eigenvalue weighted by atomic mass is 32.2. The quantitative estimate of drug-likeness (QED) is 0.742. The molecule has 0 aromatic heterocycles. The summed E-state index contributed by atoms with van der Waals surface area (Å²) in [5.41, 5.74) is -0.434. The van der Waals surface area contributed by atoms with Crippen molar-refractivity contribution in [2.24, 2.45) is 11.3 Å². The molecule has 0 aromatic rings. The summed E-state index contributed by atoms with van der Waals surface area (Å²) in [4.78, 5) is 0. The van der Waals surface area contributed by atoms with E-state index in [0.29, 0.717) is 12.5 Å². The molecule has 0 heterocycles. The topological polar surface area (TPSA) is 37.4 Å². The Hall–Kier alpha value is -0.0900. The Kier molecular flexibility index (Phi) is 4.74. The second-order valence-electron chi connectivity index (χ2n) is 8.39. The van der Waals surface area contributed by atoms with Crippen molar-refractivity contribution in [1.29, 1.82) is 0 Å². The van der Waals surface area contributed by atoms with Gasteiger partial charge in [-0.2, -0.15) is 4.31 Å². The lowest BCUT2D eigenvalue weighted by molar-refractivity contribution is 0.0659. The summed E-state index contributed by atoms with van der Waals surface area (Å²) in [6.45, 7) is 16.7. The first kappa shape index (κ1) is 18.0. The van der Waals surface area contributed by atoms with Crippen LogP contribution >= 0.6 is 0 Å². The van der Waals surface area contributed by atoms with E-state index in [9.17, 15) is 8.42 Å². The zero-order valence-corrected chi connectivity index (χ0v) is 15.4. The van der Waals surface area contributed by atoms with Crippen molar-refractivity contribution < 1.29 is 8.42 Å². The fourth-order valence-electron chi connectivity index (χ4n) is 2.26. The SMILES string of the molecule is CCC(C)(C)C(C)(C)N(CC1CC1)S(=O)(=O)C(C)(C)C. The molecule has 120 valence electrons. The molecule has 1 rings (SSSR count). The van der Waals surface area contributed by atoms with Crippen molar-refractivity contribution in [1.82, 2.24) is 4.31 Å². The lowest BCUT2D eigenvalue weighted by Gasteiger charge is -2.50. The molecular weight excluding hydrogens is 270 g/mol. The molecular formula is C16H33NO2S. The first-order valence-electron chi connectivity index (χ1n) is 7.80. The van der Waals surface area contributed by atoms with Gasteiger partial charge in [-0.3, -0.25) is 0 Å². The van der Waals surface area contributed by atoms with Crippen molar-refractivity contribution in [3.05, 3.63) is 0 Å². The summed E-state index contributed by atoms with van der Waals surface area (Å²) in [6, 6.07) is 0. The predicted molar refractivity (Wildman–Crippen MR) is 86.3 cm³/mol. The minimum Gasteiger partial charge on any atom is -0.212 e. The molecule has 0 bridgehead atoms. The van der Waals surface area contributed by atoms with Crippen LogP contribution in [-0.2, 0) is 10.0 Å². The second-order valence-corrected chi connectivity index (χ2v) is 11.0. The van der Waals surface area contributed by atoms with Crippen LogP contribution in [0.1, 0.15) is 74.7 Å². The summed E-state index contributed by atoms with van der Waals surface area (Å²) in [7, 11) is -3.31. The largest absolute Gasteiger partial charge is 0.219 e. The molecule has 1 aliphatic rings. The maximum absolute atomic E-state index is 13.1. The van der Waals surface area contributed by atoms with Crippen molar-refractivity contribution in [3.8, 4) is 0 Å². The molecule has 0 atom stereocenters. The van der Waals surface area contributed by atoms with Crippen molar-refractivity contribution >= 4 is 10.0 Å². The van der Waals surface area contributed by atoms with Crippen LogP contribution in [0.5, 0.6) is 0 Å². The zero-order chi connectivity index (χ0) is 16.0. The molecule has 3 nitrogen and oxygen atoms in total. The normalized spacial score (nSPS) is 18.6. The lowest BCUT2D eigenvalue weighted by atomic mass is 9.72. The van der Waals surface area contributed by atoms with E-state index in [0.717, 1.165) is 6.42 Å². The van der Waals surface area contributed by atoms with E-state index in [4.69, 9.17) is 0 Å². The van der Waals surface area contributed by atoms with Gasteiger partial charge in [0.1, 0.15) is 0 Å². The highest BCUT2D eigenvalue weighted by molar-refractivity contribution is 7.90. The molecule has 0 amide bonds. The molecule has 0 unspecified atom stereocenters. The number of sulfonamides is 1. The maximum Gasteiger partial charge on any atom is 0.219 e. The lowest BCUT2D eigenvalue weighted by Crippen LogP contribution is -2.60. The number of hydrogen-bond acceptors (Lipinski definition) is 2. The fraction of sp³-hybridized carbons (Fsp3) is 1.00. The molecule has 1 fully saturated rings. The van der Waals surface area contributed by atoms with Crippen LogP contribution in [0, 0.1) is 11.3 Å². The van der Waals surface area contributed by atoms with Crippen molar-refractivity contribution in [2.45, 2.75) is 84.9 Å². The predicted octanol–water partition coefficient (Wildman–Crippen LogP) is 4.04. The highest BCUT2D eigenvalue weighted by Gasteiger charge is 2.50.